The Morgan fingerprint density at radius 3 is 1.78 bits per heavy atom. The highest BCUT2D eigenvalue weighted by Crippen LogP contribution is 2.52. The fourth-order valence-corrected chi connectivity index (χ4v) is 7.93. The number of amides is 2. The average molecular weight is 677 g/mol. The standard InChI is InChI=1S/C39H36N2O7S/c1-44-32-19-25(20-33(45-2)37(32)46-3)36-29-21-30-31(48-24-47-30)22-34(29)49-35(23-42)41(36)38(43)40-39(26-13-7-4-8-14-26,27-15-9-5-10-16-27)28-17-11-6-12-18-28/h4-22,35-36,42H,23-24H2,1-3H3,(H,40,43)/t35-,36+/m0/s1. The van der Waals surface area contributed by atoms with E-state index in [0.29, 0.717) is 34.3 Å². The van der Waals surface area contributed by atoms with Crippen LogP contribution in [0.15, 0.2) is 120 Å². The summed E-state index contributed by atoms with van der Waals surface area (Å²) in [6.45, 7) is -0.221. The Labute approximate surface area is 289 Å². The van der Waals surface area contributed by atoms with Crippen molar-refractivity contribution in [1.82, 2.24) is 10.2 Å². The van der Waals surface area contributed by atoms with Gasteiger partial charge in [0, 0.05) is 4.90 Å². The number of carbonyl (C=O) groups is 1. The molecule has 5 aromatic carbocycles. The molecule has 49 heavy (non-hydrogen) atoms. The zero-order valence-corrected chi connectivity index (χ0v) is 28.1. The maximum atomic E-state index is 15.3. The molecule has 0 aliphatic carbocycles. The first-order chi connectivity index (χ1) is 24.0. The molecule has 2 aliphatic rings. The molecular weight excluding hydrogens is 641 g/mol. The second-order valence-electron chi connectivity index (χ2n) is 11.5. The molecule has 5 aromatic rings. The van der Waals surface area contributed by atoms with Crippen molar-refractivity contribution in [1.29, 1.82) is 0 Å². The van der Waals surface area contributed by atoms with E-state index in [1.165, 1.54) is 11.8 Å². The van der Waals surface area contributed by atoms with Crippen molar-refractivity contribution in [3.05, 3.63) is 143 Å². The molecule has 2 atom stereocenters. The van der Waals surface area contributed by atoms with Crippen LogP contribution in [0.1, 0.15) is 33.9 Å². The number of carbonyl (C=O) groups excluding carboxylic acids is 1. The summed E-state index contributed by atoms with van der Waals surface area (Å²) in [7, 11) is 4.66. The Hall–Kier alpha value is -5.32. The summed E-state index contributed by atoms with van der Waals surface area (Å²) in [5.41, 5.74) is 3.01. The van der Waals surface area contributed by atoms with Crippen LogP contribution in [-0.4, -0.2) is 56.1 Å². The number of thioether (sulfide) groups is 1. The number of fused-ring (bicyclic) bond motifs is 2. The summed E-state index contributed by atoms with van der Waals surface area (Å²) in [6.07, 6.45) is 0. The molecule has 2 aliphatic heterocycles. The van der Waals surface area contributed by atoms with Gasteiger partial charge >= 0.3 is 6.03 Å². The quantitative estimate of drug-likeness (QED) is 0.162. The lowest BCUT2D eigenvalue weighted by Crippen LogP contribution is -2.57. The molecule has 0 fully saturated rings. The number of aliphatic hydroxyl groups is 1. The number of urea groups is 1. The van der Waals surface area contributed by atoms with Crippen LogP contribution in [0, 0.1) is 0 Å². The van der Waals surface area contributed by atoms with Crippen molar-refractivity contribution < 1.29 is 33.6 Å². The van der Waals surface area contributed by atoms with Crippen LogP contribution >= 0.6 is 11.8 Å². The van der Waals surface area contributed by atoms with Gasteiger partial charge < -0.3 is 34.1 Å². The van der Waals surface area contributed by atoms with E-state index in [-0.39, 0.29) is 13.4 Å². The number of rotatable bonds is 9. The van der Waals surface area contributed by atoms with Gasteiger partial charge in [0.25, 0.3) is 0 Å². The molecule has 0 aromatic heterocycles. The SMILES string of the molecule is COc1cc([C@@H]2c3cc4c(cc3S[C@@H](CO)N2C(=O)NC(c2ccccc2)(c2ccccc2)c2ccccc2)OCO4)cc(OC)c1OC. The zero-order valence-electron chi connectivity index (χ0n) is 27.3. The number of benzene rings is 5. The minimum atomic E-state index is -1.10. The number of nitrogens with zero attached hydrogens (tertiary/aromatic N) is 1. The summed E-state index contributed by atoms with van der Waals surface area (Å²) >= 11 is 1.39. The van der Waals surface area contributed by atoms with Crippen molar-refractivity contribution in [2.75, 3.05) is 34.7 Å². The van der Waals surface area contributed by atoms with Crippen molar-refractivity contribution >= 4 is 17.8 Å². The van der Waals surface area contributed by atoms with Crippen LogP contribution in [0.25, 0.3) is 0 Å². The molecule has 250 valence electrons. The Morgan fingerprint density at radius 2 is 1.31 bits per heavy atom. The molecule has 2 heterocycles. The fraction of sp³-hybridized carbons (Fsp3) is 0.205. The Balaban J connectivity index is 1.45. The van der Waals surface area contributed by atoms with Crippen molar-refractivity contribution in [3.63, 3.8) is 0 Å². The second-order valence-corrected chi connectivity index (χ2v) is 12.8. The molecule has 0 unspecified atom stereocenters. The lowest BCUT2D eigenvalue weighted by molar-refractivity contribution is 0.141. The van der Waals surface area contributed by atoms with Crippen LogP contribution in [0.5, 0.6) is 28.7 Å². The van der Waals surface area contributed by atoms with Crippen LogP contribution in [-0.2, 0) is 5.54 Å². The van der Waals surface area contributed by atoms with Crippen molar-refractivity contribution in [2.24, 2.45) is 0 Å². The number of ether oxygens (including phenoxy) is 5. The monoisotopic (exact) mass is 676 g/mol. The first-order valence-corrected chi connectivity index (χ1v) is 16.7. The number of nitrogens with one attached hydrogen (secondary N) is 1. The molecule has 0 spiro atoms. The highest BCUT2D eigenvalue weighted by Gasteiger charge is 2.45. The van der Waals surface area contributed by atoms with Gasteiger partial charge in [-0.05, 0) is 52.1 Å². The largest absolute Gasteiger partial charge is 0.493 e. The summed E-state index contributed by atoms with van der Waals surface area (Å²) < 4.78 is 28.7. The third kappa shape index (κ3) is 5.66. The maximum Gasteiger partial charge on any atom is 0.320 e. The van der Waals surface area contributed by atoms with Gasteiger partial charge in [-0.25, -0.2) is 4.79 Å². The second kappa shape index (κ2) is 13.7. The van der Waals surface area contributed by atoms with Gasteiger partial charge in [-0.2, -0.15) is 0 Å². The lowest BCUT2D eigenvalue weighted by Gasteiger charge is -2.45. The summed E-state index contributed by atoms with van der Waals surface area (Å²) in [6, 6.07) is 36.1. The van der Waals surface area contributed by atoms with Crippen LogP contribution in [0.4, 0.5) is 4.79 Å². The van der Waals surface area contributed by atoms with Gasteiger partial charge in [0.05, 0.1) is 34.0 Å². The Morgan fingerprint density at radius 1 is 0.796 bits per heavy atom. The van der Waals surface area contributed by atoms with E-state index in [9.17, 15) is 5.11 Å². The normalized spacial score (nSPS) is 16.4. The van der Waals surface area contributed by atoms with Gasteiger partial charge in [0.2, 0.25) is 12.5 Å². The van der Waals surface area contributed by atoms with E-state index in [1.807, 2.05) is 115 Å². The fourth-order valence-electron chi connectivity index (χ4n) is 6.75. The number of methoxy groups -OCH3 is 3. The zero-order chi connectivity index (χ0) is 34.0. The topological polar surface area (TPSA) is 98.7 Å². The molecule has 2 amide bonds. The number of aliphatic hydroxyl groups excluding tert-OH is 1. The van der Waals surface area contributed by atoms with Gasteiger partial charge in [-0.3, -0.25) is 4.90 Å². The predicted molar refractivity (Wildman–Crippen MR) is 187 cm³/mol. The third-order valence-corrected chi connectivity index (χ3v) is 10.2. The number of hydrogen-bond acceptors (Lipinski definition) is 8. The Bertz CT molecular complexity index is 1820. The van der Waals surface area contributed by atoms with Gasteiger partial charge in [-0.15, -0.1) is 0 Å². The minimum Gasteiger partial charge on any atom is -0.493 e. The average Bonchev–Trinajstić information content (AvgIpc) is 3.63. The maximum absolute atomic E-state index is 15.3. The molecule has 9 nitrogen and oxygen atoms in total. The molecule has 2 N–H and O–H groups in total. The third-order valence-electron chi connectivity index (χ3n) is 8.96. The molecule has 0 saturated heterocycles. The minimum absolute atomic E-state index is 0.0963. The molecule has 0 radical (unpaired) electrons. The summed E-state index contributed by atoms with van der Waals surface area (Å²) in [5.74, 6) is 2.49. The smallest absolute Gasteiger partial charge is 0.320 e. The van der Waals surface area contributed by atoms with E-state index in [4.69, 9.17) is 23.7 Å². The number of hydrogen-bond donors (Lipinski definition) is 2. The molecule has 10 heteroatoms. The van der Waals surface area contributed by atoms with Gasteiger partial charge in [-0.1, -0.05) is 103 Å². The van der Waals surface area contributed by atoms with E-state index < -0.39 is 23.0 Å². The van der Waals surface area contributed by atoms with Crippen LogP contribution < -0.4 is 29.0 Å². The Kier molecular flexibility index (Phi) is 8.99. The van der Waals surface area contributed by atoms with Gasteiger partial charge in [0.15, 0.2) is 23.0 Å². The van der Waals surface area contributed by atoms with Crippen molar-refractivity contribution in [3.8, 4) is 28.7 Å². The first-order valence-electron chi connectivity index (χ1n) is 15.8. The first kappa shape index (κ1) is 32.2. The van der Waals surface area contributed by atoms with Crippen molar-refractivity contribution in [2.45, 2.75) is 21.9 Å². The van der Waals surface area contributed by atoms with Gasteiger partial charge in [0.1, 0.15) is 10.9 Å². The lowest BCUT2D eigenvalue weighted by atomic mass is 9.77. The molecular formula is C39H36N2O7S. The molecule has 0 saturated carbocycles. The molecule has 0 bridgehead atoms. The predicted octanol–water partition coefficient (Wildman–Crippen LogP) is 6.96. The highest BCUT2D eigenvalue weighted by molar-refractivity contribution is 8.00. The summed E-state index contributed by atoms with van der Waals surface area (Å²) in [5, 5.41) is 13.8. The van der Waals surface area contributed by atoms with Crippen LogP contribution in [0.3, 0.4) is 0 Å². The molecule has 7 rings (SSSR count). The van der Waals surface area contributed by atoms with Crippen LogP contribution in [0.2, 0.25) is 0 Å². The highest BCUT2D eigenvalue weighted by atomic mass is 32.2. The van der Waals surface area contributed by atoms with E-state index in [2.05, 4.69) is 5.32 Å². The van der Waals surface area contributed by atoms with E-state index in [0.717, 1.165) is 27.1 Å². The summed E-state index contributed by atoms with van der Waals surface area (Å²) in [4.78, 5) is 17.9. The van der Waals surface area contributed by atoms with E-state index >= 15 is 4.79 Å². The van der Waals surface area contributed by atoms with E-state index in [1.54, 1.807) is 26.2 Å².